The predicted molar refractivity (Wildman–Crippen MR) is 89.1 cm³/mol. The van der Waals surface area contributed by atoms with E-state index in [0.29, 0.717) is 43.1 Å². The lowest BCUT2D eigenvalue weighted by molar-refractivity contribution is 0.0670. The molecule has 0 amide bonds. The monoisotopic (exact) mass is 351 g/mol. The van der Waals surface area contributed by atoms with E-state index in [9.17, 15) is 13.2 Å². The Morgan fingerprint density at radius 1 is 1.24 bits per heavy atom. The fourth-order valence-electron chi connectivity index (χ4n) is 2.84. The molecule has 2 heterocycles. The van der Waals surface area contributed by atoms with E-state index in [4.69, 9.17) is 10.5 Å². The number of aryl methyl sites for hydroxylation is 1. The summed E-state index contributed by atoms with van der Waals surface area (Å²) < 4.78 is 46.0. The van der Waals surface area contributed by atoms with Gasteiger partial charge in [-0.1, -0.05) is 0 Å². The van der Waals surface area contributed by atoms with Gasteiger partial charge in [-0.05, 0) is 48.7 Å². The maximum atomic E-state index is 14.0. The van der Waals surface area contributed by atoms with Gasteiger partial charge in [-0.15, -0.1) is 0 Å². The number of alkyl halides is 1. The van der Waals surface area contributed by atoms with Crippen molar-refractivity contribution in [3.05, 3.63) is 52.7 Å². The summed E-state index contributed by atoms with van der Waals surface area (Å²) in [6, 6.07) is 6.11. The summed E-state index contributed by atoms with van der Waals surface area (Å²) in [6.07, 6.45) is -0.284. The minimum absolute atomic E-state index is 0.0126. The molecule has 2 N–H and O–H groups in total. The molecule has 2 aromatic rings. The molecule has 0 atom stereocenters. The standard InChI is InChI=1S/C18H20F3N3O/c1-11-4-14(23-17(22)5-11)10-25-16-7-12(6-15(20)18(16)21)2-3-24-8-13(19)9-24/h4-7,13H,2-3,8-10H2,1H3,(H2,22,23). The molecule has 1 fully saturated rings. The van der Waals surface area contributed by atoms with Gasteiger partial charge in [-0.25, -0.2) is 13.8 Å². The van der Waals surface area contributed by atoms with Gasteiger partial charge in [-0.3, -0.25) is 4.90 Å². The summed E-state index contributed by atoms with van der Waals surface area (Å²) in [4.78, 5) is 6.03. The molecular weight excluding hydrogens is 331 g/mol. The molecule has 1 aliphatic rings. The van der Waals surface area contributed by atoms with Crippen LogP contribution in [0.25, 0.3) is 0 Å². The van der Waals surface area contributed by atoms with Crippen molar-refractivity contribution in [1.29, 1.82) is 0 Å². The first kappa shape index (κ1) is 17.5. The van der Waals surface area contributed by atoms with Gasteiger partial charge in [0.15, 0.2) is 11.6 Å². The first-order valence-electron chi connectivity index (χ1n) is 8.11. The lowest BCUT2D eigenvalue weighted by Crippen LogP contribution is -2.48. The van der Waals surface area contributed by atoms with Crippen molar-refractivity contribution in [2.75, 3.05) is 25.4 Å². The van der Waals surface area contributed by atoms with E-state index >= 15 is 0 Å². The van der Waals surface area contributed by atoms with Gasteiger partial charge in [0.2, 0.25) is 5.82 Å². The molecule has 134 valence electrons. The van der Waals surface area contributed by atoms with Crippen molar-refractivity contribution >= 4 is 5.82 Å². The van der Waals surface area contributed by atoms with Gasteiger partial charge in [0, 0.05) is 19.6 Å². The summed E-state index contributed by atoms with van der Waals surface area (Å²) in [6.45, 7) is 3.24. The van der Waals surface area contributed by atoms with Crippen LogP contribution in [0.4, 0.5) is 19.0 Å². The third kappa shape index (κ3) is 4.42. The lowest BCUT2D eigenvalue weighted by Gasteiger charge is -2.34. The zero-order valence-electron chi connectivity index (χ0n) is 13.9. The highest BCUT2D eigenvalue weighted by Crippen LogP contribution is 2.24. The number of benzene rings is 1. The van der Waals surface area contributed by atoms with Crippen molar-refractivity contribution in [2.24, 2.45) is 0 Å². The second-order valence-corrected chi connectivity index (χ2v) is 6.35. The topological polar surface area (TPSA) is 51.4 Å². The van der Waals surface area contributed by atoms with Crippen LogP contribution in [0.15, 0.2) is 24.3 Å². The van der Waals surface area contributed by atoms with Crippen molar-refractivity contribution in [3.8, 4) is 5.75 Å². The largest absolute Gasteiger partial charge is 0.484 e. The molecule has 1 saturated heterocycles. The van der Waals surface area contributed by atoms with Crippen LogP contribution in [0.5, 0.6) is 5.75 Å². The number of nitrogens with two attached hydrogens (primary N) is 1. The van der Waals surface area contributed by atoms with Crippen molar-refractivity contribution in [3.63, 3.8) is 0 Å². The number of hydrogen-bond acceptors (Lipinski definition) is 4. The fraction of sp³-hybridized carbons (Fsp3) is 0.389. The molecule has 0 radical (unpaired) electrons. The second kappa shape index (κ2) is 7.31. The van der Waals surface area contributed by atoms with Crippen LogP contribution in [0.3, 0.4) is 0 Å². The number of hydrogen-bond donors (Lipinski definition) is 1. The first-order valence-corrected chi connectivity index (χ1v) is 8.11. The second-order valence-electron chi connectivity index (χ2n) is 6.35. The Morgan fingerprint density at radius 3 is 2.68 bits per heavy atom. The number of halogens is 3. The van der Waals surface area contributed by atoms with Gasteiger partial charge in [0.05, 0.1) is 5.69 Å². The highest BCUT2D eigenvalue weighted by molar-refractivity contribution is 5.35. The number of nitrogens with zero attached hydrogens (tertiary/aromatic N) is 2. The smallest absolute Gasteiger partial charge is 0.200 e. The minimum atomic E-state index is -1.03. The third-order valence-corrected chi connectivity index (χ3v) is 4.10. The maximum absolute atomic E-state index is 14.0. The van der Waals surface area contributed by atoms with Crippen molar-refractivity contribution in [1.82, 2.24) is 9.88 Å². The Labute approximate surface area is 144 Å². The minimum Gasteiger partial charge on any atom is -0.484 e. The molecule has 1 aromatic heterocycles. The Morgan fingerprint density at radius 2 is 2.00 bits per heavy atom. The molecule has 3 rings (SSSR count). The summed E-state index contributed by atoms with van der Waals surface area (Å²) in [7, 11) is 0. The zero-order chi connectivity index (χ0) is 18.0. The van der Waals surface area contributed by atoms with E-state index in [-0.39, 0.29) is 12.4 Å². The van der Waals surface area contributed by atoms with Gasteiger partial charge < -0.3 is 10.5 Å². The highest BCUT2D eigenvalue weighted by Gasteiger charge is 2.25. The van der Waals surface area contributed by atoms with Gasteiger partial charge in [0.1, 0.15) is 18.6 Å². The van der Waals surface area contributed by atoms with Gasteiger partial charge in [0.25, 0.3) is 0 Å². The molecular formula is C18H20F3N3O. The fourth-order valence-corrected chi connectivity index (χ4v) is 2.84. The molecule has 0 bridgehead atoms. The van der Waals surface area contributed by atoms with E-state index in [0.717, 1.165) is 11.6 Å². The summed E-state index contributed by atoms with van der Waals surface area (Å²) in [5.74, 6) is -1.81. The van der Waals surface area contributed by atoms with Crippen molar-refractivity contribution in [2.45, 2.75) is 26.1 Å². The Kier molecular flexibility index (Phi) is 5.13. The van der Waals surface area contributed by atoms with Crippen LogP contribution in [-0.4, -0.2) is 35.7 Å². The zero-order valence-corrected chi connectivity index (χ0v) is 13.9. The number of ether oxygens (including phenoxy) is 1. The normalized spacial score (nSPS) is 15.2. The third-order valence-electron chi connectivity index (χ3n) is 4.10. The van der Waals surface area contributed by atoms with Crippen molar-refractivity contribution < 1.29 is 17.9 Å². The van der Waals surface area contributed by atoms with Crippen LogP contribution < -0.4 is 10.5 Å². The van der Waals surface area contributed by atoms with E-state index in [1.807, 2.05) is 11.8 Å². The maximum Gasteiger partial charge on any atom is 0.200 e. The predicted octanol–water partition coefficient (Wildman–Crippen LogP) is 3.03. The van der Waals surface area contributed by atoms with E-state index in [2.05, 4.69) is 4.98 Å². The molecule has 1 aromatic carbocycles. The summed E-state index contributed by atoms with van der Waals surface area (Å²) in [5, 5.41) is 0. The Bertz CT molecular complexity index is 743. The number of likely N-dealkylation sites (tertiary alicyclic amines) is 1. The lowest BCUT2D eigenvalue weighted by atomic mass is 10.1. The quantitative estimate of drug-likeness (QED) is 0.869. The molecule has 0 spiro atoms. The summed E-state index contributed by atoms with van der Waals surface area (Å²) >= 11 is 0. The van der Waals surface area contributed by atoms with Crippen LogP contribution in [0.2, 0.25) is 0 Å². The van der Waals surface area contributed by atoms with Crippen LogP contribution in [0, 0.1) is 18.6 Å². The van der Waals surface area contributed by atoms with E-state index in [1.165, 1.54) is 6.07 Å². The molecule has 0 saturated carbocycles. The molecule has 4 nitrogen and oxygen atoms in total. The van der Waals surface area contributed by atoms with Gasteiger partial charge >= 0.3 is 0 Å². The SMILES string of the molecule is Cc1cc(N)nc(COc2cc(CCN3CC(F)C3)cc(F)c2F)c1. The summed E-state index contributed by atoms with van der Waals surface area (Å²) in [5.41, 5.74) is 7.72. The molecule has 7 heteroatoms. The highest BCUT2D eigenvalue weighted by atomic mass is 19.2. The molecule has 1 aliphatic heterocycles. The number of pyridine rings is 1. The number of anilines is 1. The molecule has 0 unspecified atom stereocenters. The molecule has 25 heavy (non-hydrogen) atoms. The van der Waals surface area contributed by atoms with E-state index < -0.39 is 17.8 Å². The number of rotatable bonds is 6. The number of nitrogen functional groups attached to an aromatic ring is 1. The Balaban J connectivity index is 1.67. The molecule has 0 aliphatic carbocycles. The Hall–Kier alpha value is -2.28. The van der Waals surface area contributed by atoms with Gasteiger partial charge in [-0.2, -0.15) is 4.39 Å². The average Bonchev–Trinajstić information content (AvgIpc) is 2.51. The first-order chi connectivity index (χ1) is 11.9. The van der Waals surface area contributed by atoms with Crippen LogP contribution >= 0.6 is 0 Å². The van der Waals surface area contributed by atoms with E-state index in [1.54, 1.807) is 12.1 Å². The number of aromatic nitrogens is 1. The average molecular weight is 351 g/mol. The van der Waals surface area contributed by atoms with Crippen LogP contribution in [-0.2, 0) is 13.0 Å². The van der Waals surface area contributed by atoms with Crippen LogP contribution in [0.1, 0.15) is 16.8 Å².